The van der Waals surface area contributed by atoms with E-state index in [1.54, 1.807) is 5.56 Å². The highest BCUT2D eigenvalue weighted by molar-refractivity contribution is 5.36. The summed E-state index contributed by atoms with van der Waals surface area (Å²) in [6.07, 6.45) is 10.6. The smallest absolute Gasteiger partial charge is 0.0598 e. The van der Waals surface area contributed by atoms with Gasteiger partial charge in [-0.25, -0.2) is 0 Å². The van der Waals surface area contributed by atoms with Gasteiger partial charge in [0.05, 0.1) is 11.4 Å². The number of aryl methyl sites for hydroxylation is 2. The van der Waals surface area contributed by atoms with Crippen molar-refractivity contribution in [3.05, 3.63) is 71.6 Å². The predicted molar refractivity (Wildman–Crippen MR) is 117 cm³/mol. The van der Waals surface area contributed by atoms with E-state index in [1.165, 1.54) is 48.9 Å². The SMILES string of the molecule is C=C/C=C1/C(=C)N(C)C(C)CN1CCC1(c2cc(C)cc(C)c2)CCCC1. The summed E-state index contributed by atoms with van der Waals surface area (Å²) in [5.74, 6) is 0. The lowest BCUT2D eigenvalue weighted by molar-refractivity contribution is 0.173. The monoisotopic (exact) mass is 364 g/mol. The predicted octanol–water partition coefficient (Wildman–Crippen LogP) is 5.72. The van der Waals surface area contributed by atoms with Crippen LogP contribution in [0.1, 0.15) is 55.7 Å². The van der Waals surface area contributed by atoms with Gasteiger partial charge in [-0.1, -0.05) is 61.4 Å². The second kappa shape index (κ2) is 7.96. The van der Waals surface area contributed by atoms with Gasteiger partial charge < -0.3 is 9.80 Å². The number of hydrogen-bond donors (Lipinski definition) is 0. The van der Waals surface area contributed by atoms with E-state index in [-0.39, 0.29) is 0 Å². The maximum atomic E-state index is 4.34. The molecular formula is C25H36N2. The topological polar surface area (TPSA) is 6.48 Å². The van der Waals surface area contributed by atoms with Crippen molar-refractivity contribution in [1.29, 1.82) is 0 Å². The number of nitrogens with zero attached hydrogens (tertiary/aromatic N) is 2. The molecule has 1 aliphatic heterocycles. The molecule has 2 fully saturated rings. The van der Waals surface area contributed by atoms with Crippen LogP contribution >= 0.6 is 0 Å². The molecule has 146 valence electrons. The van der Waals surface area contributed by atoms with Gasteiger partial charge in [-0.15, -0.1) is 0 Å². The molecule has 0 spiro atoms. The Morgan fingerprint density at radius 2 is 1.78 bits per heavy atom. The Morgan fingerprint density at radius 1 is 1.15 bits per heavy atom. The number of rotatable bonds is 5. The van der Waals surface area contributed by atoms with Crippen LogP contribution in [0.5, 0.6) is 0 Å². The molecular weight excluding hydrogens is 328 g/mol. The van der Waals surface area contributed by atoms with E-state index >= 15 is 0 Å². The molecule has 1 heterocycles. The Balaban J connectivity index is 1.84. The Bertz CT molecular complexity index is 716. The molecule has 1 aromatic rings. The summed E-state index contributed by atoms with van der Waals surface area (Å²) in [6.45, 7) is 17.2. The first-order valence-corrected chi connectivity index (χ1v) is 10.4. The zero-order chi connectivity index (χ0) is 19.6. The van der Waals surface area contributed by atoms with E-state index in [1.807, 2.05) is 6.08 Å². The minimum Gasteiger partial charge on any atom is -0.369 e. The zero-order valence-electron chi connectivity index (χ0n) is 17.7. The molecule has 3 rings (SSSR count). The molecule has 2 nitrogen and oxygen atoms in total. The first-order valence-electron chi connectivity index (χ1n) is 10.4. The highest BCUT2D eigenvalue weighted by atomic mass is 15.3. The van der Waals surface area contributed by atoms with Crippen LogP contribution in [-0.4, -0.2) is 36.0 Å². The van der Waals surface area contributed by atoms with Gasteiger partial charge in [0.15, 0.2) is 0 Å². The minimum atomic E-state index is 0.337. The molecule has 1 atom stereocenters. The van der Waals surface area contributed by atoms with Crippen molar-refractivity contribution >= 4 is 0 Å². The van der Waals surface area contributed by atoms with Crippen LogP contribution in [0.15, 0.2) is 54.9 Å². The van der Waals surface area contributed by atoms with Crippen molar-refractivity contribution in [3.8, 4) is 0 Å². The van der Waals surface area contributed by atoms with Gasteiger partial charge in [0.2, 0.25) is 0 Å². The highest BCUT2D eigenvalue weighted by Gasteiger charge is 2.37. The normalized spacial score (nSPS) is 23.9. The lowest BCUT2D eigenvalue weighted by Crippen LogP contribution is -2.48. The van der Waals surface area contributed by atoms with Crippen molar-refractivity contribution in [2.75, 3.05) is 20.1 Å². The van der Waals surface area contributed by atoms with Crippen molar-refractivity contribution in [2.45, 2.75) is 64.3 Å². The van der Waals surface area contributed by atoms with Crippen molar-refractivity contribution in [2.24, 2.45) is 0 Å². The van der Waals surface area contributed by atoms with E-state index in [2.05, 4.69) is 75.1 Å². The van der Waals surface area contributed by atoms with Gasteiger partial charge in [-0.3, -0.25) is 0 Å². The zero-order valence-corrected chi connectivity index (χ0v) is 17.7. The lowest BCUT2D eigenvalue weighted by Gasteiger charge is -2.44. The molecule has 0 amide bonds. The standard InChI is InChI=1S/C25H36N2/c1-7-10-24-22(5)26(6)21(4)18-27(24)14-13-25(11-8-9-12-25)23-16-19(2)15-20(3)17-23/h7,10,15-17,21H,1,5,8-9,11-14,18H2,2-4,6H3/b24-10-. The number of benzene rings is 1. The number of allylic oxidation sites excluding steroid dienone is 2. The molecule has 0 bridgehead atoms. The molecule has 1 saturated heterocycles. The minimum absolute atomic E-state index is 0.337. The van der Waals surface area contributed by atoms with Crippen LogP contribution in [0.2, 0.25) is 0 Å². The summed E-state index contributed by atoms with van der Waals surface area (Å²) in [5.41, 5.74) is 7.03. The van der Waals surface area contributed by atoms with Gasteiger partial charge >= 0.3 is 0 Å². The van der Waals surface area contributed by atoms with Crippen molar-refractivity contribution in [1.82, 2.24) is 9.80 Å². The third-order valence-electron chi connectivity index (χ3n) is 6.74. The van der Waals surface area contributed by atoms with Gasteiger partial charge in [-0.2, -0.15) is 0 Å². The molecule has 27 heavy (non-hydrogen) atoms. The highest BCUT2D eigenvalue weighted by Crippen LogP contribution is 2.45. The summed E-state index contributed by atoms with van der Waals surface area (Å²) < 4.78 is 0. The Kier molecular flexibility index (Phi) is 5.83. The lowest BCUT2D eigenvalue weighted by atomic mass is 9.75. The van der Waals surface area contributed by atoms with Crippen LogP contribution < -0.4 is 0 Å². The third-order valence-corrected chi connectivity index (χ3v) is 6.74. The van der Waals surface area contributed by atoms with E-state index < -0.39 is 0 Å². The fraction of sp³-hybridized carbons (Fsp3) is 0.520. The summed E-state index contributed by atoms with van der Waals surface area (Å²) in [5, 5.41) is 0. The van der Waals surface area contributed by atoms with Crippen LogP contribution in [0.3, 0.4) is 0 Å². The number of piperazine rings is 1. The first kappa shape index (κ1) is 19.8. The maximum absolute atomic E-state index is 4.34. The van der Waals surface area contributed by atoms with Crippen LogP contribution in [-0.2, 0) is 5.41 Å². The quantitative estimate of drug-likeness (QED) is 0.659. The average molecular weight is 365 g/mol. The number of likely N-dealkylation sites (N-methyl/N-ethyl adjacent to an activating group) is 1. The van der Waals surface area contributed by atoms with E-state index in [0.29, 0.717) is 11.5 Å². The molecule has 1 aromatic carbocycles. The van der Waals surface area contributed by atoms with E-state index in [4.69, 9.17) is 0 Å². The molecule has 0 radical (unpaired) electrons. The molecule has 0 aromatic heterocycles. The Morgan fingerprint density at radius 3 is 2.37 bits per heavy atom. The summed E-state index contributed by atoms with van der Waals surface area (Å²) >= 11 is 0. The third kappa shape index (κ3) is 4.00. The Labute approximate surface area is 166 Å². The van der Waals surface area contributed by atoms with Crippen molar-refractivity contribution in [3.63, 3.8) is 0 Å². The molecule has 0 N–H and O–H groups in total. The van der Waals surface area contributed by atoms with Crippen molar-refractivity contribution < 1.29 is 0 Å². The van der Waals surface area contributed by atoms with Crippen LogP contribution in [0, 0.1) is 13.8 Å². The number of hydrogen-bond acceptors (Lipinski definition) is 2. The Hall–Kier alpha value is -1.96. The van der Waals surface area contributed by atoms with E-state index in [0.717, 1.165) is 18.8 Å². The summed E-state index contributed by atoms with van der Waals surface area (Å²) in [7, 11) is 2.15. The fourth-order valence-electron chi connectivity index (χ4n) is 5.06. The van der Waals surface area contributed by atoms with Gasteiger partial charge in [0.25, 0.3) is 0 Å². The first-order chi connectivity index (χ1) is 12.9. The summed E-state index contributed by atoms with van der Waals surface area (Å²) in [4.78, 5) is 4.83. The van der Waals surface area contributed by atoms with E-state index in [9.17, 15) is 0 Å². The average Bonchev–Trinajstić information content (AvgIpc) is 3.10. The van der Waals surface area contributed by atoms with Crippen LogP contribution in [0.4, 0.5) is 0 Å². The van der Waals surface area contributed by atoms with Gasteiger partial charge in [0.1, 0.15) is 0 Å². The molecule has 1 saturated carbocycles. The fourth-order valence-corrected chi connectivity index (χ4v) is 5.06. The second-order valence-electron chi connectivity index (χ2n) is 8.75. The maximum Gasteiger partial charge on any atom is 0.0598 e. The molecule has 1 aliphatic carbocycles. The molecule has 2 aliphatic rings. The molecule has 1 unspecified atom stereocenters. The van der Waals surface area contributed by atoms with Crippen LogP contribution in [0.25, 0.3) is 0 Å². The largest absolute Gasteiger partial charge is 0.369 e. The van der Waals surface area contributed by atoms with Gasteiger partial charge in [0, 0.05) is 26.2 Å². The second-order valence-corrected chi connectivity index (χ2v) is 8.75. The van der Waals surface area contributed by atoms with Gasteiger partial charge in [-0.05, 0) is 57.1 Å². The molecule has 2 heteroatoms. The summed E-state index contributed by atoms with van der Waals surface area (Å²) in [6, 6.07) is 7.65.